The van der Waals surface area contributed by atoms with E-state index in [0.29, 0.717) is 23.8 Å². The maximum absolute atomic E-state index is 12.6. The number of imidazole rings is 1. The van der Waals surface area contributed by atoms with E-state index in [9.17, 15) is 8.78 Å². The molecule has 0 aliphatic heterocycles. The number of aromatic nitrogens is 2. The van der Waals surface area contributed by atoms with Crippen molar-refractivity contribution in [2.24, 2.45) is 5.41 Å². The number of hydrogen-bond donors (Lipinski definition) is 1. The summed E-state index contributed by atoms with van der Waals surface area (Å²) in [5.74, 6) is 0.407. The summed E-state index contributed by atoms with van der Waals surface area (Å²) in [5, 5.41) is 3.32. The van der Waals surface area contributed by atoms with Gasteiger partial charge >= 0.3 is 6.55 Å². The Labute approximate surface area is 100 Å². The molecule has 1 atom stereocenters. The predicted molar refractivity (Wildman–Crippen MR) is 61.7 cm³/mol. The summed E-state index contributed by atoms with van der Waals surface area (Å²) in [7, 11) is 0. The predicted octanol–water partition coefficient (Wildman–Crippen LogP) is 2.95. The van der Waals surface area contributed by atoms with Gasteiger partial charge in [0, 0.05) is 18.4 Å². The van der Waals surface area contributed by atoms with Crippen molar-refractivity contribution in [3.05, 3.63) is 18.2 Å². The van der Waals surface area contributed by atoms with E-state index in [1.54, 1.807) is 0 Å². The lowest BCUT2D eigenvalue weighted by atomic mass is 9.92. The summed E-state index contributed by atoms with van der Waals surface area (Å²) in [6.07, 6.45) is 6.14. The molecule has 1 fully saturated rings. The second-order valence-corrected chi connectivity index (χ2v) is 5.51. The minimum Gasteiger partial charge on any atom is -0.307 e. The third-order valence-electron chi connectivity index (χ3n) is 3.48. The Morgan fingerprint density at radius 3 is 2.94 bits per heavy atom. The van der Waals surface area contributed by atoms with E-state index in [1.165, 1.54) is 18.8 Å². The highest BCUT2D eigenvalue weighted by atomic mass is 19.3. The Bertz CT molecular complexity index is 374. The largest absolute Gasteiger partial charge is 0.319 e. The summed E-state index contributed by atoms with van der Waals surface area (Å²) in [6, 6.07) is 0.424. The standard InChI is InChI=1S/C12H19F2N3/c1-12(2)4-3-9(7-12)16-8-10-15-5-6-17(10)11(13)14/h5-6,9,11,16H,3-4,7-8H2,1-2H3. The zero-order valence-electron chi connectivity index (χ0n) is 10.3. The lowest BCUT2D eigenvalue weighted by Gasteiger charge is -2.18. The van der Waals surface area contributed by atoms with Crippen molar-refractivity contribution < 1.29 is 8.78 Å². The summed E-state index contributed by atoms with van der Waals surface area (Å²) < 4.78 is 26.1. The smallest absolute Gasteiger partial charge is 0.307 e. The molecule has 1 saturated carbocycles. The molecule has 5 heteroatoms. The number of alkyl halides is 2. The number of nitrogens with one attached hydrogen (secondary N) is 1. The van der Waals surface area contributed by atoms with Crippen molar-refractivity contribution >= 4 is 0 Å². The number of hydrogen-bond acceptors (Lipinski definition) is 2. The van der Waals surface area contributed by atoms with Gasteiger partial charge in [-0.15, -0.1) is 0 Å². The van der Waals surface area contributed by atoms with Crippen molar-refractivity contribution in [1.82, 2.24) is 14.9 Å². The van der Waals surface area contributed by atoms with Crippen LogP contribution in [0, 0.1) is 5.41 Å². The van der Waals surface area contributed by atoms with Gasteiger partial charge < -0.3 is 5.32 Å². The molecule has 1 heterocycles. The first-order valence-corrected chi connectivity index (χ1v) is 6.01. The van der Waals surface area contributed by atoms with Gasteiger partial charge in [-0.2, -0.15) is 8.78 Å². The lowest BCUT2D eigenvalue weighted by molar-refractivity contribution is 0.0664. The molecular formula is C12H19F2N3. The molecule has 1 N–H and O–H groups in total. The van der Waals surface area contributed by atoms with Gasteiger partial charge in [0.05, 0.1) is 6.54 Å². The highest BCUT2D eigenvalue weighted by Crippen LogP contribution is 2.36. The van der Waals surface area contributed by atoms with Gasteiger partial charge in [0.2, 0.25) is 0 Å². The van der Waals surface area contributed by atoms with Crippen molar-refractivity contribution in [1.29, 1.82) is 0 Å². The molecule has 1 aliphatic rings. The fraction of sp³-hybridized carbons (Fsp3) is 0.750. The van der Waals surface area contributed by atoms with Crippen molar-refractivity contribution in [2.45, 2.75) is 52.2 Å². The van der Waals surface area contributed by atoms with E-state index in [0.717, 1.165) is 17.4 Å². The number of rotatable bonds is 4. The molecule has 1 unspecified atom stereocenters. The molecule has 0 spiro atoms. The van der Waals surface area contributed by atoms with Crippen LogP contribution in [0.15, 0.2) is 12.4 Å². The van der Waals surface area contributed by atoms with Crippen LogP contribution in [0.1, 0.15) is 45.5 Å². The molecule has 0 amide bonds. The van der Waals surface area contributed by atoms with Crippen molar-refractivity contribution in [3.63, 3.8) is 0 Å². The molecule has 17 heavy (non-hydrogen) atoms. The number of halogens is 2. The monoisotopic (exact) mass is 243 g/mol. The highest BCUT2D eigenvalue weighted by Gasteiger charge is 2.30. The number of nitrogens with zero attached hydrogens (tertiary/aromatic N) is 2. The molecule has 96 valence electrons. The molecular weight excluding hydrogens is 224 g/mol. The molecule has 1 aromatic rings. The van der Waals surface area contributed by atoms with Gasteiger partial charge in [-0.1, -0.05) is 13.8 Å². The van der Waals surface area contributed by atoms with Gasteiger partial charge in [0.1, 0.15) is 5.82 Å². The van der Waals surface area contributed by atoms with Gasteiger partial charge in [-0.25, -0.2) is 4.98 Å². The first kappa shape index (κ1) is 12.5. The molecule has 0 radical (unpaired) electrons. The minimum absolute atomic E-state index is 0.371. The fourth-order valence-corrected chi connectivity index (χ4v) is 2.50. The summed E-state index contributed by atoms with van der Waals surface area (Å²) in [5.41, 5.74) is 0.371. The maximum atomic E-state index is 12.6. The Morgan fingerprint density at radius 1 is 1.59 bits per heavy atom. The summed E-state index contributed by atoms with van der Waals surface area (Å²) >= 11 is 0. The molecule has 0 saturated heterocycles. The van der Waals surface area contributed by atoms with Crippen LogP contribution in [0.5, 0.6) is 0 Å². The van der Waals surface area contributed by atoms with Crippen LogP contribution < -0.4 is 5.32 Å². The average molecular weight is 243 g/mol. The zero-order valence-corrected chi connectivity index (χ0v) is 10.3. The topological polar surface area (TPSA) is 29.9 Å². The second-order valence-electron chi connectivity index (χ2n) is 5.51. The molecule has 0 bridgehead atoms. The van der Waals surface area contributed by atoms with Gasteiger partial charge in [0.25, 0.3) is 0 Å². The first-order chi connectivity index (χ1) is 7.98. The Balaban J connectivity index is 1.88. The highest BCUT2D eigenvalue weighted by molar-refractivity contribution is 4.94. The lowest BCUT2D eigenvalue weighted by Crippen LogP contribution is -2.28. The first-order valence-electron chi connectivity index (χ1n) is 6.01. The maximum Gasteiger partial charge on any atom is 0.319 e. The third-order valence-corrected chi connectivity index (χ3v) is 3.48. The SMILES string of the molecule is CC1(C)CCC(NCc2nccn2C(F)F)C1. The minimum atomic E-state index is -2.51. The van der Waals surface area contributed by atoms with Crippen LogP contribution in [0.25, 0.3) is 0 Å². The van der Waals surface area contributed by atoms with Crippen LogP contribution in [0.4, 0.5) is 8.78 Å². The normalized spacial score (nSPS) is 23.5. The second kappa shape index (κ2) is 4.72. The van der Waals surface area contributed by atoms with E-state index in [-0.39, 0.29) is 0 Å². The summed E-state index contributed by atoms with van der Waals surface area (Å²) in [4.78, 5) is 3.96. The van der Waals surface area contributed by atoms with Gasteiger partial charge in [-0.05, 0) is 24.7 Å². The molecule has 1 aromatic heterocycles. The molecule has 3 nitrogen and oxygen atoms in total. The molecule has 1 aliphatic carbocycles. The Kier molecular flexibility index (Phi) is 3.47. The van der Waals surface area contributed by atoms with E-state index in [1.807, 2.05) is 0 Å². The zero-order chi connectivity index (χ0) is 12.5. The van der Waals surface area contributed by atoms with E-state index in [2.05, 4.69) is 24.1 Å². The Hall–Kier alpha value is -0.970. The van der Waals surface area contributed by atoms with E-state index >= 15 is 0 Å². The average Bonchev–Trinajstić information content (AvgIpc) is 2.81. The van der Waals surface area contributed by atoms with Gasteiger partial charge in [-0.3, -0.25) is 4.57 Å². The van der Waals surface area contributed by atoms with E-state index in [4.69, 9.17) is 0 Å². The van der Waals surface area contributed by atoms with Crippen LogP contribution >= 0.6 is 0 Å². The summed E-state index contributed by atoms with van der Waals surface area (Å²) in [6.45, 7) is 2.40. The van der Waals surface area contributed by atoms with Crippen LogP contribution in [-0.4, -0.2) is 15.6 Å². The quantitative estimate of drug-likeness (QED) is 0.881. The van der Waals surface area contributed by atoms with Crippen LogP contribution in [-0.2, 0) is 6.54 Å². The van der Waals surface area contributed by atoms with Crippen molar-refractivity contribution in [2.75, 3.05) is 0 Å². The van der Waals surface area contributed by atoms with Gasteiger partial charge in [0.15, 0.2) is 0 Å². The van der Waals surface area contributed by atoms with Crippen LogP contribution in [0.2, 0.25) is 0 Å². The fourth-order valence-electron chi connectivity index (χ4n) is 2.50. The Morgan fingerprint density at radius 2 is 2.35 bits per heavy atom. The third kappa shape index (κ3) is 3.03. The van der Waals surface area contributed by atoms with Crippen LogP contribution in [0.3, 0.4) is 0 Å². The molecule has 0 aromatic carbocycles. The molecule has 2 rings (SSSR count). The van der Waals surface area contributed by atoms with E-state index < -0.39 is 6.55 Å². The van der Waals surface area contributed by atoms with Crippen molar-refractivity contribution in [3.8, 4) is 0 Å².